The Hall–Kier alpha value is -2.67. The van der Waals surface area contributed by atoms with Crippen molar-refractivity contribution in [3.8, 4) is 0 Å². The molecule has 0 aromatic heterocycles. The van der Waals surface area contributed by atoms with Crippen LogP contribution in [0, 0.1) is 6.92 Å². The van der Waals surface area contributed by atoms with Crippen LogP contribution < -0.4 is 5.32 Å². The molecule has 2 aromatic carbocycles. The molecule has 0 saturated carbocycles. The zero-order chi connectivity index (χ0) is 21.4. The number of sulfone groups is 1. The summed E-state index contributed by atoms with van der Waals surface area (Å²) in [4.78, 5) is 24.3. The van der Waals surface area contributed by atoms with E-state index in [-0.39, 0.29) is 17.1 Å². The first-order valence-corrected chi connectivity index (χ1v) is 11.3. The van der Waals surface area contributed by atoms with Gasteiger partial charge < -0.3 is 10.1 Å². The van der Waals surface area contributed by atoms with Gasteiger partial charge in [-0.3, -0.25) is 9.59 Å². The first-order chi connectivity index (χ1) is 13.8. The molecular formula is C22H27NO5S. The van der Waals surface area contributed by atoms with Gasteiger partial charge in [-0.2, -0.15) is 0 Å². The lowest BCUT2D eigenvalue weighted by molar-refractivity contribution is -0.146. The van der Waals surface area contributed by atoms with Crippen LogP contribution in [0.15, 0.2) is 47.4 Å². The van der Waals surface area contributed by atoms with Gasteiger partial charge in [-0.15, -0.1) is 0 Å². The summed E-state index contributed by atoms with van der Waals surface area (Å²) >= 11 is 0. The molecule has 6 nitrogen and oxygen atoms in total. The quantitative estimate of drug-likeness (QED) is 0.631. The van der Waals surface area contributed by atoms with Crippen molar-refractivity contribution in [1.29, 1.82) is 0 Å². The van der Waals surface area contributed by atoms with Crippen LogP contribution in [0.2, 0.25) is 0 Å². The van der Waals surface area contributed by atoms with E-state index in [1.54, 1.807) is 12.1 Å². The highest BCUT2D eigenvalue weighted by molar-refractivity contribution is 7.91. The van der Waals surface area contributed by atoms with Crippen LogP contribution in [0.3, 0.4) is 0 Å². The SMILES string of the molecule is CCc1cccc(CC)c1NC(=O)COC(=O)CCS(=O)(=O)c1ccc(C)cc1. The molecule has 1 N–H and O–H groups in total. The monoisotopic (exact) mass is 417 g/mol. The fourth-order valence-corrected chi connectivity index (χ4v) is 4.10. The van der Waals surface area contributed by atoms with Crippen molar-refractivity contribution >= 4 is 27.4 Å². The first kappa shape index (κ1) is 22.6. The highest BCUT2D eigenvalue weighted by Gasteiger charge is 2.18. The second-order valence-electron chi connectivity index (χ2n) is 6.75. The van der Waals surface area contributed by atoms with Gasteiger partial charge in [0.05, 0.1) is 17.1 Å². The Kier molecular flexibility index (Phi) is 7.96. The summed E-state index contributed by atoms with van der Waals surface area (Å²) in [6.45, 7) is 5.41. The highest BCUT2D eigenvalue weighted by Crippen LogP contribution is 2.22. The molecule has 2 rings (SSSR count). The average Bonchev–Trinajstić information content (AvgIpc) is 2.71. The second-order valence-corrected chi connectivity index (χ2v) is 8.86. The van der Waals surface area contributed by atoms with E-state index in [2.05, 4.69) is 5.32 Å². The zero-order valence-corrected chi connectivity index (χ0v) is 17.8. The predicted molar refractivity (Wildman–Crippen MR) is 113 cm³/mol. The number of carbonyl (C=O) groups excluding carboxylic acids is 2. The topological polar surface area (TPSA) is 89.5 Å². The number of benzene rings is 2. The van der Waals surface area contributed by atoms with Crippen LogP contribution in [0.4, 0.5) is 5.69 Å². The summed E-state index contributed by atoms with van der Waals surface area (Å²) in [6, 6.07) is 12.3. The molecule has 0 saturated heterocycles. The third-order valence-electron chi connectivity index (χ3n) is 4.58. The van der Waals surface area contributed by atoms with Gasteiger partial charge in [0, 0.05) is 5.69 Å². The Morgan fingerprint density at radius 1 is 0.966 bits per heavy atom. The Morgan fingerprint density at radius 3 is 2.10 bits per heavy atom. The van der Waals surface area contributed by atoms with Crippen molar-refractivity contribution in [3.63, 3.8) is 0 Å². The third kappa shape index (κ3) is 6.42. The summed E-state index contributed by atoms with van der Waals surface area (Å²) in [7, 11) is -3.58. The van der Waals surface area contributed by atoms with E-state index in [4.69, 9.17) is 4.74 Å². The van der Waals surface area contributed by atoms with E-state index in [1.165, 1.54) is 12.1 Å². The number of hydrogen-bond acceptors (Lipinski definition) is 5. The van der Waals surface area contributed by atoms with E-state index in [9.17, 15) is 18.0 Å². The molecule has 0 bridgehead atoms. The molecule has 0 fully saturated rings. The molecular weight excluding hydrogens is 390 g/mol. The lowest BCUT2D eigenvalue weighted by Crippen LogP contribution is -2.23. The van der Waals surface area contributed by atoms with Crippen molar-refractivity contribution in [2.75, 3.05) is 17.7 Å². The van der Waals surface area contributed by atoms with Crippen LogP contribution in [0.1, 0.15) is 37.0 Å². The number of para-hydroxylation sites is 1. The summed E-state index contributed by atoms with van der Waals surface area (Å²) in [5.74, 6) is -1.54. The number of carbonyl (C=O) groups is 2. The van der Waals surface area contributed by atoms with Gasteiger partial charge in [-0.05, 0) is 43.0 Å². The molecule has 0 aliphatic carbocycles. The van der Waals surface area contributed by atoms with Crippen molar-refractivity contribution in [3.05, 3.63) is 59.2 Å². The zero-order valence-electron chi connectivity index (χ0n) is 17.0. The van der Waals surface area contributed by atoms with E-state index in [1.807, 2.05) is 39.0 Å². The van der Waals surface area contributed by atoms with Crippen LogP contribution in [0.25, 0.3) is 0 Å². The van der Waals surface area contributed by atoms with Crippen molar-refractivity contribution in [1.82, 2.24) is 0 Å². The molecule has 0 radical (unpaired) electrons. The number of ether oxygens (including phenoxy) is 1. The molecule has 0 atom stereocenters. The molecule has 0 unspecified atom stereocenters. The smallest absolute Gasteiger partial charge is 0.307 e. The number of nitrogens with one attached hydrogen (secondary N) is 1. The largest absolute Gasteiger partial charge is 0.456 e. The number of anilines is 1. The molecule has 2 aromatic rings. The molecule has 0 spiro atoms. The number of aryl methyl sites for hydroxylation is 3. The van der Waals surface area contributed by atoms with E-state index >= 15 is 0 Å². The number of esters is 1. The Balaban J connectivity index is 1.88. The normalized spacial score (nSPS) is 11.1. The maximum Gasteiger partial charge on any atom is 0.307 e. The second kappa shape index (κ2) is 10.2. The number of rotatable bonds is 9. The van der Waals surface area contributed by atoms with Crippen LogP contribution >= 0.6 is 0 Å². The Labute approximate surface area is 172 Å². The fraction of sp³-hybridized carbons (Fsp3) is 0.364. The maximum atomic E-state index is 12.3. The standard InChI is InChI=1S/C22H27NO5S/c1-4-17-7-6-8-18(5-2)22(17)23-20(24)15-28-21(25)13-14-29(26,27)19-11-9-16(3)10-12-19/h6-12H,4-5,13-15H2,1-3H3,(H,23,24). The van der Waals surface area contributed by atoms with Crippen molar-refractivity contribution in [2.24, 2.45) is 0 Å². The van der Waals surface area contributed by atoms with Crippen LogP contribution in [0.5, 0.6) is 0 Å². The molecule has 0 heterocycles. The Bertz CT molecular complexity index is 943. The van der Waals surface area contributed by atoms with Gasteiger partial charge in [0.1, 0.15) is 0 Å². The Morgan fingerprint density at radius 2 is 1.55 bits per heavy atom. The van der Waals surface area contributed by atoms with Crippen molar-refractivity contribution in [2.45, 2.75) is 44.9 Å². The minimum absolute atomic E-state index is 0.164. The summed E-state index contributed by atoms with van der Waals surface area (Å²) < 4.78 is 29.5. The maximum absolute atomic E-state index is 12.3. The van der Waals surface area contributed by atoms with Crippen molar-refractivity contribution < 1.29 is 22.7 Å². The van der Waals surface area contributed by atoms with Gasteiger partial charge in [-0.25, -0.2) is 8.42 Å². The van der Waals surface area contributed by atoms with Gasteiger partial charge >= 0.3 is 5.97 Å². The van der Waals surface area contributed by atoms with Crippen LogP contribution in [-0.4, -0.2) is 32.7 Å². The summed E-state index contributed by atoms with van der Waals surface area (Å²) in [5.41, 5.74) is 3.71. The van der Waals surface area contributed by atoms with Gasteiger partial charge in [0.15, 0.2) is 16.4 Å². The van der Waals surface area contributed by atoms with Gasteiger partial charge in [0.25, 0.3) is 5.91 Å². The molecule has 7 heteroatoms. The molecule has 29 heavy (non-hydrogen) atoms. The van der Waals surface area contributed by atoms with Gasteiger partial charge in [-0.1, -0.05) is 49.7 Å². The van der Waals surface area contributed by atoms with E-state index in [0.29, 0.717) is 0 Å². The minimum atomic E-state index is -3.58. The number of hydrogen-bond donors (Lipinski definition) is 1. The molecule has 0 aliphatic rings. The summed E-state index contributed by atoms with van der Waals surface area (Å²) in [6.07, 6.45) is 1.22. The predicted octanol–water partition coefficient (Wildman–Crippen LogP) is 3.47. The molecule has 0 aliphatic heterocycles. The summed E-state index contributed by atoms with van der Waals surface area (Å²) in [5, 5.41) is 2.81. The highest BCUT2D eigenvalue weighted by atomic mass is 32.2. The van der Waals surface area contributed by atoms with Gasteiger partial charge in [0.2, 0.25) is 0 Å². The molecule has 1 amide bonds. The van der Waals surface area contributed by atoms with E-state index in [0.717, 1.165) is 35.2 Å². The average molecular weight is 418 g/mol. The molecule has 156 valence electrons. The third-order valence-corrected chi connectivity index (χ3v) is 6.31. The fourth-order valence-electron chi connectivity index (χ4n) is 2.88. The lowest BCUT2D eigenvalue weighted by atomic mass is 10.0. The van der Waals surface area contributed by atoms with Crippen LogP contribution in [-0.2, 0) is 37.0 Å². The van der Waals surface area contributed by atoms with E-state index < -0.39 is 28.3 Å². The first-order valence-electron chi connectivity index (χ1n) is 9.62. The minimum Gasteiger partial charge on any atom is -0.456 e. The lowest BCUT2D eigenvalue weighted by Gasteiger charge is -2.14. The number of amides is 1.